The highest BCUT2D eigenvalue weighted by Gasteiger charge is 2.39. The molecule has 2 atom stereocenters. The van der Waals surface area contributed by atoms with Crippen LogP contribution in [0.15, 0.2) is 42.5 Å². The zero-order valence-corrected chi connectivity index (χ0v) is 16.2. The highest BCUT2D eigenvalue weighted by atomic mass is 19.3. The van der Waals surface area contributed by atoms with E-state index < -0.39 is 30.1 Å². The van der Waals surface area contributed by atoms with Crippen molar-refractivity contribution < 1.29 is 33.3 Å². The Hall–Kier alpha value is -2.48. The van der Waals surface area contributed by atoms with E-state index in [0.717, 1.165) is 18.9 Å². The number of carboxylic acid groups (broad SMARTS) is 1. The van der Waals surface area contributed by atoms with Crippen molar-refractivity contribution in [3.8, 4) is 0 Å². The molecule has 1 aromatic carbocycles. The number of hydrogen-bond acceptors (Lipinski definition) is 4. The van der Waals surface area contributed by atoms with Crippen molar-refractivity contribution in [2.45, 2.75) is 56.6 Å². The second-order valence-electron chi connectivity index (χ2n) is 7.04. The summed E-state index contributed by atoms with van der Waals surface area (Å²) in [5, 5.41) is 18.6. The minimum absolute atomic E-state index is 0.116. The number of nitrogens with zero attached hydrogens (tertiary/aromatic N) is 1. The number of alkyl halides is 2. The van der Waals surface area contributed by atoms with E-state index >= 15 is 0 Å². The third kappa shape index (κ3) is 6.81. The molecule has 1 aliphatic rings. The molecule has 1 fully saturated rings. The number of aliphatic carboxylic acids is 1. The van der Waals surface area contributed by atoms with Gasteiger partial charge in [-0.1, -0.05) is 55.3 Å². The molecule has 2 rings (SSSR count). The first-order valence-electron chi connectivity index (χ1n) is 9.77. The first-order valence-corrected chi connectivity index (χ1v) is 9.77. The van der Waals surface area contributed by atoms with Gasteiger partial charge in [-0.05, 0) is 12.8 Å². The topological polar surface area (TPSA) is 87.1 Å². The van der Waals surface area contributed by atoms with E-state index in [1.807, 2.05) is 0 Å². The fourth-order valence-corrected chi connectivity index (χ4v) is 3.20. The number of cyclic esters (lactones) is 1. The van der Waals surface area contributed by atoms with Gasteiger partial charge < -0.3 is 19.8 Å². The van der Waals surface area contributed by atoms with E-state index in [1.54, 1.807) is 6.07 Å². The predicted octanol–water partition coefficient (Wildman–Crippen LogP) is 3.94. The first kappa shape index (κ1) is 22.8. The molecule has 1 aromatic rings. The fraction of sp³-hybridized carbons (Fsp3) is 0.524. The van der Waals surface area contributed by atoms with Crippen molar-refractivity contribution in [1.29, 1.82) is 0 Å². The lowest BCUT2D eigenvalue weighted by atomic mass is 10.0. The van der Waals surface area contributed by atoms with Gasteiger partial charge >= 0.3 is 18.0 Å². The number of aliphatic hydroxyl groups is 1. The quantitative estimate of drug-likeness (QED) is 0.425. The minimum atomic E-state index is -3.44. The van der Waals surface area contributed by atoms with Crippen molar-refractivity contribution in [2.75, 3.05) is 13.2 Å². The maximum atomic E-state index is 14.4. The third-order valence-electron chi connectivity index (χ3n) is 4.86. The molecule has 0 aromatic heterocycles. The summed E-state index contributed by atoms with van der Waals surface area (Å²) in [6.45, 7) is 0.570. The molecule has 0 radical (unpaired) electrons. The number of carbonyl (C=O) groups excluding carboxylic acids is 1. The summed E-state index contributed by atoms with van der Waals surface area (Å²) in [5.74, 6) is -4.28. The number of hydrogen-bond donors (Lipinski definition) is 2. The number of carbonyl (C=O) groups is 2. The number of benzene rings is 1. The number of aliphatic hydroxyl groups excluding tert-OH is 1. The molecule has 1 heterocycles. The summed E-state index contributed by atoms with van der Waals surface area (Å²) in [6, 6.07) is 6.66. The zero-order chi connectivity index (χ0) is 21.3. The van der Waals surface area contributed by atoms with Crippen LogP contribution >= 0.6 is 0 Å². The van der Waals surface area contributed by atoms with E-state index in [4.69, 9.17) is 9.84 Å². The average Bonchev–Trinajstić information content (AvgIpc) is 2.70. The molecule has 6 nitrogen and oxygen atoms in total. The van der Waals surface area contributed by atoms with Crippen LogP contribution in [0.4, 0.5) is 13.6 Å². The van der Waals surface area contributed by atoms with Gasteiger partial charge in [-0.15, -0.1) is 0 Å². The maximum Gasteiger partial charge on any atom is 0.410 e. The first-order chi connectivity index (χ1) is 13.8. The molecule has 1 aliphatic heterocycles. The molecular formula is C21H27F2NO5. The molecular weight excluding hydrogens is 384 g/mol. The second kappa shape index (κ2) is 10.9. The summed E-state index contributed by atoms with van der Waals surface area (Å²) in [6.07, 6.45) is 3.23. The van der Waals surface area contributed by atoms with Gasteiger partial charge in [0.2, 0.25) is 0 Å². The number of halogens is 2. The maximum absolute atomic E-state index is 14.4. The fourth-order valence-electron chi connectivity index (χ4n) is 3.20. The molecule has 0 saturated carbocycles. The Labute approximate surface area is 168 Å². The molecule has 2 N–H and O–H groups in total. The highest BCUT2D eigenvalue weighted by Crippen LogP contribution is 2.32. The Bertz CT molecular complexity index is 696. The Kier molecular flexibility index (Phi) is 8.57. The summed E-state index contributed by atoms with van der Waals surface area (Å²) in [5.41, 5.74) is -0.279. The van der Waals surface area contributed by atoms with Crippen molar-refractivity contribution in [2.24, 2.45) is 0 Å². The van der Waals surface area contributed by atoms with Gasteiger partial charge in [0.15, 0.2) is 0 Å². The summed E-state index contributed by atoms with van der Waals surface area (Å²) < 4.78 is 33.9. The Morgan fingerprint density at radius 2 is 1.93 bits per heavy atom. The molecule has 1 saturated heterocycles. The van der Waals surface area contributed by atoms with Crippen LogP contribution in [0.2, 0.25) is 0 Å². The van der Waals surface area contributed by atoms with E-state index in [-0.39, 0.29) is 18.6 Å². The van der Waals surface area contributed by atoms with Crippen LogP contribution in [0, 0.1) is 0 Å². The lowest BCUT2D eigenvalue weighted by molar-refractivity contribution is -0.137. The molecule has 160 valence electrons. The van der Waals surface area contributed by atoms with Gasteiger partial charge in [-0.2, -0.15) is 8.78 Å². The van der Waals surface area contributed by atoms with Crippen LogP contribution in [-0.2, 0) is 15.5 Å². The SMILES string of the molecule is O=C(O)CCCCCCN1C(=O)OCCC1/C=C/C(O)C(F)(F)c1ccccc1. The number of carboxylic acids is 1. The van der Waals surface area contributed by atoms with E-state index in [2.05, 4.69) is 0 Å². The number of amides is 1. The highest BCUT2D eigenvalue weighted by molar-refractivity contribution is 5.69. The van der Waals surface area contributed by atoms with Gasteiger partial charge in [-0.25, -0.2) is 4.79 Å². The average molecular weight is 411 g/mol. The number of rotatable bonds is 11. The van der Waals surface area contributed by atoms with Crippen LogP contribution in [0.1, 0.15) is 44.1 Å². The number of unbranched alkanes of at least 4 members (excludes halogenated alkanes) is 3. The van der Waals surface area contributed by atoms with Crippen LogP contribution < -0.4 is 0 Å². The summed E-state index contributed by atoms with van der Waals surface area (Å²) in [7, 11) is 0. The van der Waals surface area contributed by atoms with Crippen LogP contribution in [0.3, 0.4) is 0 Å². The van der Waals surface area contributed by atoms with Crippen molar-refractivity contribution in [1.82, 2.24) is 4.90 Å². The van der Waals surface area contributed by atoms with Gasteiger partial charge in [0.1, 0.15) is 6.10 Å². The lowest BCUT2D eigenvalue weighted by Crippen LogP contribution is -2.45. The van der Waals surface area contributed by atoms with E-state index in [9.17, 15) is 23.5 Å². The van der Waals surface area contributed by atoms with E-state index in [1.165, 1.54) is 35.2 Å². The second-order valence-corrected chi connectivity index (χ2v) is 7.04. The van der Waals surface area contributed by atoms with E-state index in [0.29, 0.717) is 25.8 Å². The lowest BCUT2D eigenvalue weighted by Gasteiger charge is -2.33. The molecule has 1 amide bonds. The minimum Gasteiger partial charge on any atom is -0.481 e. The Balaban J connectivity index is 1.92. The molecule has 0 spiro atoms. The molecule has 0 aliphatic carbocycles. The van der Waals surface area contributed by atoms with Crippen LogP contribution in [0.25, 0.3) is 0 Å². The Morgan fingerprint density at radius 3 is 2.62 bits per heavy atom. The summed E-state index contributed by atoms with van der Waals surface area (Å²) >= 11 is 0. The molecule has 2 unspecified atom stereocenters. The van der Waals surface area contributed by atoms with Gasteiger partial charge in [-0.3, -0.25) is 4.79 Å². The summed E-state index contributed by atoms with van der Waals surface area (Å²) in [4.78, 5) is 24.0. The van der Waals surface area contributed by atoms with Crippen molar-refractivity contribution in [3.05, 3.63) is 48.0 Å². The molecule has 0 bridgehead atoms. The standard InChI is InChI=1S/C21H27F2NO5/c22-21(23,16-8-4-3-5-9-16)18(25)12-11-17-13-15-29-20(28)24(17)14-7-2-1-6-10-19(26)27/h3-5,8-9,11-12,17-18,25H,1-2,6-7,10,13-15H2,(H,26,27)/b12-11+. The van der Waals surface area contributed by atoms with Crippen LogP contribution in [0.5, 0.6) is 0 Å². The zero-order valence-electron chi connectivity index (χ0n) is 16.2. The normalized spacial score (nSPS) is 18.7. The van der Waals surface area contributed by atoms with Gasteiger partial charge in [0.05, 0.1) is 12.6 Å². The largest absolute Gasteiger partial charge is 0.481 e. The third-order valence-corrected chi connectivity index (χ3v) is 4.86. The van der Waals surface area contributed by atoms with Crippen molar-refractivity contribution in [3.63, 3.8) is 0 Å². The van der Waals surface area contributed by atoms with Gasteiger partial charge in [0.25, 0.3) is 0 Å². The van der Waals surface area contributed by atoms with Crippen molar-refractivity contribution >= 4 is 12.1 Å². The molecule has 29 heavy (non-hydrogen) atoms. The predicted molar refractivity (Wildman–Crippen MR) is 103 cm³/mol. The molecule has 8 heteroatoms. The monoisotopic (exact) mass is 411 g/mol. The Morgan fingerprint density at radius 1 is 1.24 bits per heavy atom. The van der Waals surface area contributed by atoms with Gasteiger partial charge in [0, 0.05) is 24.9 Å². The smallest absolute Gasteiger partial charge is 0.410 e. The van der Waals surface area contributed by atoms with Crippen LogP contribution in [-0.4, -0.2) is 52.5 Å². The number of ether oxygens (including phenoxy) is 1.